The van der Waals surface area contributed by atoms with Gasteiger partial charge >= 0.3 is 12.2 Å². The first kappa shape index (κ1) is 21.7. The average molecular weight is 430 g/mol. The van der Waals surface area contributed by atoms with Gasteiger partial charge in [-0.1, -0.05) is 0 Å². The van der Waals surface area contributed by atoms with Gasteiger partial charge in [0.2, 0.25) is 22.7 Å². The van der Waals surface area contributed by atoms with Crippen LogP contribution in [-0.2, 0) is 21.8 Å². The van der Waals surface area contributed by atoms with E-state index in [9.17, 15) is 18.0 Å². The molecule has 0 atom stereocenters. The maximum atomic E-state index is 12.6. The molecule has 0 radical (unpaired) electrons. The van der Waals surface area contributed by atoms with E-state index in [2.05, 4.69) is 25.1 Å². The van der Waals surface area contributed by atoms with E-state index in [1.54, 1.807) is 11.6 Å². The number of hydrogen-bond acceptors (Lipinski definition) is 11. The van der Waals surface area contributed by atoms with Gasteiger partial charge in [-0.3, -0.25) is 10.00 Å². The number of methoxy groups -OCH3 is 2. The third-order valence-corrected chi connectivity index (χ3v) is 4.54. The fourth-order valence-corrected chi connectivity index (χ4v) is 3.13. The summed E-state index contributed by atoms with van der Waals surface area (Å²) in [6.45, 7) is 1.57. The largest absolute Gasteiger partial charge is 0.513 e. The number of anilines is 1. The summed E-state index contributed by atoms with van der Waals surface area (Å²) in [5, 5.41) is 5.26. The minimum atomic E-state index is -4.50. The van der Waals surface area contributed by atoms with Gasteiger partial charge in [-0.05, 0) is 6.92 Å². The predicted octanol–water partition coefficient (Wildman–Crippen LogP) is 0.273. The molecule has 0 aliphatic carbocycles. The molecular weight excluding hydrogens is 412 g/mol. The van der Waals surface area contributed by atoms with Crippen LogP contribution in [0.4, 0.5) is 15.5 Å². The molecule has 0 unspecified atom stereocenters. The predicted molar refractivity (Wildman–Crippen MR) is 95.3 cm³/mol. The summed E-state index contributed by atoms with van der Waals surface area (Å²) in [5.41, 5.74) is 0. The molecule has 15 heteroatoms. The quantitative estimate of drug-likeness (QED) is 0.577. The third-order valence-electron chi connectivity index (χ3n) is 3.11. The Morgan fingerprint density at radius 2 is 1.79 bits per heavy atom. The average Bonchev–Trinajstić information content (AvgIpc) is 3.01. The van der Waals surface area contributed by atoms with Crippen molar-refractivity contribution in [1.82, 2.24) is 24.5 Å². The second kappa shape index (κ2) is 9.05. The topological polar surface area (TPSA) is 173 Å². The molecule has 29 heavy (non-hydrogen) atoms. The lowest BCUT2D eigenvalue weighted by atomic mass is 10.6. The lowest BCUT2D eigenvalue weighted by Crippen LogP contribution is -2.36. The maximum absolute atomic E-state index is 12.6. The highest BCUT2D eigenvalue weighted by Crippen LogP contribution is 2.23. The Morgan fingerprint density at radius 3 is 2.34 bits per heavy atom. The number of aryl methyl sites for hydroxylation is 1. The smallest absolute Gasteiger partial charge is 0.481 e. The number of ether oxygens (including phenoxy) is 4. The van der Waals surface area contributed by atoms with Gasteiger partial charge in [0.05, 0.1) is 33.1 Å². The van der Waals surface area contributed by atoms with Gasteiger partial charge in [0.25, 0.3) is 10.0 Å². The molecule has 0 aromatic carbocycles. The highest BCUT2D eigenvalue weighted by molar-refractivity contribution is 7.90. The molecule has 2 heterocycles. The first-order valence-electron chi connectivity index (χ1n) is 7.87. The number of sulfonamides is 1. The number of carbonyl (C=O) groups is 2. The van der Waals surface area contributed by atoms with E-state index in [1.165, 1.54) is 27.3 Å². The monoisotopic (exact) mass is 430 g/mol. The Kier molecular flexibility index (Phi) is 6.76. The maximum Gasteiger partial charge on any atom is 0.513 e. The summed E-state index contributed by atoms with van der Waals surface area (Å²) in [6.07, 6.45) is -0.141. The van der Waals surface area contributed by atoms with Gasteiger partial charge in [-0.15, -0.1) is 0 Å². The second-order valence-corrected chi connectivity index (χ2v) is 6.66. The lowest BCUT2D eigenvalue weighted by Gasteiger charge is -2.10. The first-order valence-corrected chi connectivity index (χ1v) is 9.36. The summed E-state index contributed by atoms with van der Waals surface area (Å²) < 4.78 is 47.0. The zero-order valence-electron chi connectivity index (χ0n) is 15.8. The van der Waals surface area contributed by atoms with Gasteiger partial charge in [-0.25, -0.2) is 14.3 Å². The number of hydrogen-bond donors (Lipinski definition) is 2. The van der Waals surface area contributed by atoms with Gasteiger partial charge in [0, 0.05) is 7.05 Å². The van der Waals surface area contributed by atoms with E-state index >= 15 is 0 Å². The number of rotatable bonds is 7. The van der Waals surface area contributed by atoms with Crippen molar-refractivity contribution in [2.75, 3.05) is 26.1 Å². The van der Waals surface area contributed by atoms with Crippen molar-refractivity contribution in [2.45, 2.75) is 11.9 Å². The van der Waals surface area contributed by atoms with E-state index in [4.69, 9.17) is 14.2 Å². The van der Waals surface area contributed by atoms with E-state index in [0.29, 0.717) is 0 Å². The van der Waals surface area contributed by atoms with Crippen molar-refractivity contribution < 1.29 is 37.0 Å². The highest BCUT2D eigenvalue weighted by Gasteiger charge is 2.29. The molecule has 0 spiro atoms. The number of amides is 2. The van der Waals surface area contributed by atoms with Crippen LogP contribution in [0, 0.1) is 0 Å². The standard InChI is InChI=1S/C14H18N6O8S/c1-5-27-14(22)28-8-7-15-20(2)11(8)29(23,24)19-13(21)18-12-16-9(25-3)6-10(17-12)26-4/h6-7H,5H2,1-4H3,(H2,16,17,18,19,21). The molecule has 0 fully saturated rings. The molecule has 2 N–H and O–H groups in total. The Bertz CT molecular complexity index is 983. The van der Waals surface area contributed by atoms with Crippen molar-refractivity contribution in [1.29, 1.82) is 0 Å². The summed E-state index contributed by atoms with van der Waals surface area (Å²) in [5.74, 6) is -0.550. The normalized spacial score (nSPS) is 10.8. The number of carbonyl (C=O) groups excluding carboxylic acids is 2. The van der Waals surface area contributed by atoms with E-state index in [-0.39, 0.29) is 24.3 Å². The molecule has 0 aliphatic rings. The minimum absolute atomic E-state index is 0.0197. The zero-order chi connectivity index (χ0) is 21.6. The van der Waals surface area contributed by atoms with E-state index < -0.39 is 33.0 Å². The number of nitrogens with zero attached hydrogens (tertiary/aromatic N) is 4. The third kappa shape index (κ3) is 5.44. The van der Waals surface area contributed by atoms with Gasteiger partial charge in [0.15, 0.2) is 5.75 Å². The van der Waals surface area contributed by atoms with E-state index in [1.807, 2.05) is 0 Å². The molecule has 0 bridgehead atoms. The summed E-state index contributed by atoms with van der Waals surface area (Å²) in [6, 6.07) is 0.165. The Morgan fingerprint density at radius 1 is 1.17 bits per heavy atom. The number of aromatic nitrogens is 4. The highest BCUT2D eigenvalue weighted by atomic mass is 32.2. The van der Waals surface area contributed by atoms with Crippen LogP contribution in [0.1, 0.15) is 6.92 Å². The molecule has 2 aromatic heterocycles. The Hall–Kier alpha value is -3.62. The van der Waals surface area contributed by atoms with Crippen molar-refractivity contribution >= 4 is 28.2 Å². The van der Waals surface area contributed by atoms with Crippen LogP contribution in [0.5, 0.6) is 17.5 Å². The molecule has 158 valence electrons. The lowest BCUT2D eigenvalue weighted by molar-refractivity contribution is 0.103. The molecule has 0 saturated carbocycles. The first-order chi connectivity index (χ1) is 13.7. The SMILES string of the molecule is CCOC(=O)Oc1cnn(C)c1S(=O)(=O)NC(=O)Nc1nc(OC)cc(OC)n1. The van der Waals surface area contributed by atoms with Gasteiger partial charge in [0.1, 0.15) is 0 Å². The van der Waals surface area contributed by atoms with Gasteiger partial charge in [-0.2, -0.15) is 23.5 Å². The summed E-state index contributed by atoms with van der Waals surface area (Å²) in [7, 11) is -0.550. The summed E-state index contributed by atoms with van der Waals surface area (Å²) in [4.78, 5) is 31.3. The fraction of sp³-hybridized carbons (Fsp3) is 0.357. The molecule has 2 aromatic rings. The van der Waals surface area contributed by atoms with Gasteiger partial charge < -0.3 is 18.9 Å². The fourth-order valence-electron chi connectivity index (χ4n) is 1.99. The van der Waals surface area contributed by atoms with Crippen molar-refractivity contribution in [2.24, 2.45) is 7.05 Å². The number of nitrogens with one attached hydrogen (secondary N) is 2. The van der Waals surface area contributed by atoms with Crippen LogP contribution in [0.2, 0.25) is 0 Å². The van der Waals surface area contributed by atoms with Crippen molar-refractivity contribution in [3.63, 3.8) is 0 Å². The van der Waals surface area contributed by atoms with Crippen molar-refractivity contribution in [3.8, 4) is 17.5 Å². The summed E-state index contributed by atoms with van der Waals surface area (Å²) >= 11 is 0. The van der Waals surface area contributed by atoms with Crippen LogP contribution in [0.3, 0.4) is 0 Å². The molecule has 0 saturated heterocycles. The molecule has 2 rings (SSSR count). The Balaban J connectivity index is 2.20. The van der Waals surface area contributed by atoms with Crippen LogP contribution in [-0.4, -0.2) is 61.2 Å². The van der Waals surface area contributed by atoms with Crippen LogP contribution < -0.4 is 24.2 Å². The Labute approximate surface area is 165 Å². The van der Waals surface area contributed by atoms with E-state index in [0.717, 1.165) is 10.9 Å². The molecule has 14 nitrogen and oxygen atoms in total. The van der Waals surface area contributed by atoms with Crippen LogP contribution in [0.25, 0.3) is 0 Å². The van der Waals surface area contributed by atoms with Crippen LogP contribution in [0.15, 0.2) is 17.3 Å². The minimum Gasteiger partial charge on any atom is -0.481 e. The molecule has 2 amide bonds. The second-order valence-electron chi connectivity index (χ2n) is 5.06. The number of urea groups is 1. The van der Waals surface area contributed by atoms with Crippen LogP contribution >= 0.6 is 0 Å². The van der Waals surface area contributed by atoms with Crippen molar-refractivity contribution in [3.05, 3.63) is 12.3 Å². The molecule has 0 aliphatic heterocycles. The zero-order valence-corrected chi connectivity index (χ0v) is 16.6. The molecular formula is C14H18N6O8S.